The molecule has 1 rings (SSSR count). The van der Waals surface area contributed by atoms with Crippen LogP contribution in [-0.2, 0) is 9.53 Å². The van der Waals surface area contributed by atoms with Crippen LogP contribution in [0.1, 0.15) is 17.3 Å². The summed E-state index contributed by atoms with van der Waals surface area (Å²) in [5.41, 5.74) is -0.347. The number of esters is 1. The van der Waals surface area contributed by atoms with Gasteiger partial charge in [0.05, 0.1) is 12.2 Å². The van der Waals surface area contributed by atoms with E-state index in [-0.39, 0.29) is 17.7 Å². The maximum atomic E-state index is 13.6. The normalized spacial score (nSPS) is 11.1. The molecular formula is C14H16FNO3. The van der Waals surface area contributed by atoms with E-state index in [0.717, 1.165) is 0 Å². The Morgan fingerprint density at radius 2 is 1.95 bits per heavy atom. The molecule has 102 valence electrons. The van der Waals surface area contributed by atoms with Crippen molar-refractivity contribution in [3.63, 3.8) is 0 Å². The predicted octanol–water partition coefficient (Wildman–Crippen LogP) is 2.02. The lowest BCUT2D eigenvalue weighted by atomic mass is 10.0. The highest BCUT2D eigenvalue weighted by Gasteiger charge is 2.23. The minimum atomic E-state index is -0.760. The van der Waals surface area contributed by atoms with Gasteiger partial charge in [-0.1, -0.05) is 12.1 Å². The first-order chi connectivity index (χ1) is 8.97. The highest BCUT2D eigenvalue weighted by Crippen LogP contribution is 2.14. The molecule has 0 aliphatic carbocycles. The molecule has 0 radical (unpaired) electrons. The number of hydrogen-bond acceptors (Lipinski definition) is 4. The first-order valence-electron chi connectivity index (χ1n) is 5.82. The van der Waals surface area contributed by atoms with E-state index >= 15 is 0 Å². The van der Waals surface area contributed by atoms with Crippen molar-refractivity contribution < 1.29 is 18.7 Å². The van der Waals surface area contributed by atoms with E-state index < -0.39 is 17.6 Å². The van der Waals surface area contributed by atoms with Gasteiger partial charge in [-0.05, 0) is 19.1 Å². The molecule has 0 N–H and O–H groups in total. The van der Waals surface area contributed by atoms with Gasteiger partial charge in [0, 0.05) is 20.3 Å². The van der Waals surface area contributed by atoms with E-state index in [1.807, 2.05) is 0 Å². The van der Waals surface area contributed by atoms with Gasteiger partial charge in [0.1, 0.15) is 11.4 Å². The molecule has 0 fully saturated rings. The van der Waals surface area contributed by atoms with Gasteiger partial charge in [0.15, 0.2) is 0 Å². The molecule has 0 bridgehead atoms. The lowest BCUT2D eigenvalue weighted by Gasteiger charge is -2.11. The van der Waals surface area contributed by atoms with Gasteiger partial charge in [0.2, 0.25) is 5.78 Å². The number of rotatable bonds is 5. The van der Waals surface area contributed by atoms with Crippen LogP contribution in [0.3, 0.4) is 0 Å². The number of ether oxygens (including phenoxy) is 1. The first kappa shape index (κ1) is 14.9. The zero-order chi connectivity index (χ0) is 14.4. The van der Waals surface area contributed by atoms with Gasteiger partial charge in [-0.3, -0.25) is 4.79 Å². The summed E-state index contributed by atoms with van der Waals surface area (Å²) in [5, 5.41) is 0. The van der Waals surface area contributed by atoms with Crippen molar-refractivity contribution in [1.29, 1.82) is 0 Å². The van der Waals surface area contributed by atoms with E-state index in [1.54, 1.807) is 21.0 Å². The Morgan fingerprint density at radius 1 is 1.32 bits per heavy atom. The van der Waals surface area contributed by atoms with Gasteiger partial charge in [-0.2, -0.15) is 0 Å². The Kier molecular flexibility index (Phi) is 5.23. The average molecular weight is 265 g/mol. The average Bonchev–Trinajstić information content (AvgIpc) is 2.36. The van der Waals surface area contributed by atoms with Crippen LogP contribution in [-0.4, -0.2) is 37.4 Å². The topological polar surface area (TPSA) is 46.6 Å². The maximum Gasteiger partial charge on any atom is 0.343 e. The number of nitrogens with zero attached hydrogens (tertiary/aromatic N) is 1. The highest BCUT2D eigenvalue weighted by molar-refractivity contribution is 6.24. The van der Waals surface area contributed by atoms with E-state index in [9.17, 15) is 14.0 Å². The molecule has 0 heterocycles. The second-order valence-corrected chi connectivity index (χ2v) is 4.04. The van der Waals surface area contributed by atoms with Crippen LogP contribution in [0.15, 0.2) is 36.0 Å². The molecule has 0 atom stereocenters. The number of benzene rings is 1. The van der Waals surface area contributed by atoms with Crippen molar-refractivity contribution in [2.75, 3.05) is 20.7 Å². The van der Waals surface area contributed by atoms with Crippen molar-refractivity contribution >= 4 is 11.8 Å². The summed E-state index contributed by atoms with van der Waals surface area (Å²) in [4.78, 5) is 25.5. The van der Waals surface area contributed by atoms with Crippen LogP contribution in [0.2, 0.25) is 0 Å². The molecule has 0 spiro atoms. The molecule has 0 unspecified atom stereocenters. The second kappa shape index (κ2) is 6.68. The zero-order valence-corrected chi connectivity index (χ0v) is 11.1. The summed E-state index contributed by atoms with van der Waals surface area (Å²) in [6, 6.07) is 5.52. The summed E-state index contributed by atoms with van der Waals surface area (Å²) >= 11 is 0. The third kappa shape index (κ3) is 3.91. The van der Waals surface area contributed by atoms with E-state index in [0.29, 0.717) is 0 Å². The second-order valence-electron chi connectivity index (χ2n) is 4.04. The summed E-state index contributed by atoms with van der Waals surface area (Å²) < 4.78 is 18.4. The summed E-state index contributed by atoms with van der Waals surface area (Å²) in [7, 11) is 3.32. The quantitative estimate of drug-likeness (QED) is 0.269. The van der Waals surface area contributed by atoms with Crippen LogP contribution < -0.4 is 0 Å². The Labute approximate surface area is 111 Å². The minimum Gasteiger partial charge on any atom is -0.462 e. The van der Waals surface area contributed by atoms with Crippen molar-refractivity contribution in [2.24, 2.45) is 0 Å². The fourth-order valence-corrected chi connectivity index (χ4v) is 1.46. The number of Topliss-reactive ketones (excluding diaryl/α,β-unsaturated/α-hetero) is 1. The van der Waals surface area contributed by atoms with Gasteiger partial charge >= 0.3 is 5.97 Å². The number of carbonyl (C=O) groups is 2. The third-order valence-electron chi connectivity index (χ3n) is 2.25. The van der Waals surface area contributed by atoms with Crippen molar-refractivity contribution in [3.8, 4) is 0 Å². The molecule has 1 aromatic rings. The maximum absolute atomic E-state index is 13.6. The van der Waals surface area contributed by atoms with Crippen molar-refractivity contribution in [1.82, 2.24) is 4.90 Å². The first-order valence-corrected chi connectivity index (χ1v) is 5.82. The van der Waals surface area contributed by atoms with Gasteiger partial charge < -0.3 is 9.64 Å². The third-order valence-corrected chi connectivity index (χ3v) is 2.25. The Morgan fingerprint density at radius 3 is 2.47 bits per heavy atom. The predicted molar refractivity (Wildman–Crippen MR) is 69.1 cm³/mol. The number of ketones is 1. The van der Waals surface area contributed by atoms with Crippen LogP contribution in [0, 0.1) is 5.82 Å². The summed E-state index contributed by atoms with van der Waals surface area (Å²) in [6.45, 7) is 1.78. The molecule has 0 aromatic heterocycles. The van der Waals surface area contributed by atoms with Crippen LogP contribution in [0.5, 0.6) is 0 Å². The largest absolute Gasteiger partial charge is 0.462 e. The molecule has 0 aliphatic heterocycles. The number of halogens is 1. The number of carbonyl (C=O) groups excluding carboxylic acids is 2. The molecule has 5 heteroatoms. The van der Waals surface area contributed by atoms with Gasteiger partial charge in [-0.25, -0.2) is 9.18 Å². The minimum absolute atomic E-state index is 0.147. The Balaban J connectivity index is 3.16. The lowest BCUT2D eigenvalue weighted by molar-refractivity contribution is -0.138. The molecular weight excluding hydrogens is 249 g/mol. The molecule has 1 aromatic carbocycles. The SMILES string of the molecule is CCOC(=O)/C(=C/N(C)C)C(=O)c1ccccc1F. The number of hydrogen-bond donors (Lipinski definition) is 0. The van der Waals surface area contributed by atoms with Crippen molar-refractivity contribution in [2.45, 2.75) is 6.92 Å². The fourth-order valence-electron chi connectivity index (χ4n) is 1.46. The monoisotopic (exact) mass is 265 g/mol. The molecule has 0 amide bonds. The lowest BCUT2D eigenvalue weighted by Crippen LogP contribution is -2.20. The Bertz CT molecular complexity index is 509. The van der Waals surface area contributed by atoms with Gasteiger partial charge in [0.25, 0.3) is 0 Å². The molecule has 4 nitrogen and oxygen atoms in total. The summed E-state index contributed by atoms with van der Waals surface area (Å²) in [6.07, 6.45) is 1.33. The highest BCUT2D eigenvalue weighted by atomic mass is 19.1. The smallest absolute Gasteiger partial charge is 0.343 e. The van der Waals surface area contributed by atoms with Gasteiger partial charge in [-0.15, -0.1) is 0 Å². The van der Waals surface area contributed by atoms with Crippen LogP contribution in [0.25, 0.3) is 0 Å². The van der Waals surface area contributed by atoms with Crippen molar-refractivity contribution in [3.05, 3.63) is 47.4 Å². The molecule has 0 saturated carbocycles. The summed E-state index contributed by atoms with van der Waals surface area (Å²) in [5.74, 6) is -2.11. The van der Waals surface area contributed by atoms with Crippen LogP contribution in [0.4, 0.5) is 4.39 Å². The molecule has 0 aliphatic rings. The Hall–Kier alpha value is -2.17. The standard InChI is InChI=1S/C14H16FNO3/c1-4-19-14(18)11(9-16(2)3)13(17)10-7-5-6-8-12(10)15/h5-9H,4H2,1-3H3/b11-9+. The van der Waals surface area contributed by atoms with E-state index in [1.165, 1.54) is 35.4 Å². The van der Waals surface area contributed by atoms with Crippen LogP contribution >= 0.6 is 0 Å². The fraction of sp³-hybridized carbons (Fsp3) is 0.286. The van der Waals surface area contributed by atoms with E-state index in [2.05, 4.69) is 0 Å². The zero-order valence-electron chi connectivity index (χ0n) is 11.1. The molecule has 0 saturated heterocycles. The van der Waals surface area contributed by atoms with E-state index in [4.69, 9.17) is 4.74 Å². The molecule has 19 heavy (non-hydrogen) atoms.